The van der Waals surface area contributed by atoms with Gasteiger partial charge >= 0.3 is 6.03 Å². The number of anilines is 1. The fourth-order valence-electron chi connectivity index (χ4n) is 1.54. The van der Waals surface area contributed by atoms with Gasteiger partial charge in [-0.15, -0.1) is 0 Å². The molecule has 2 amide bonds. The molecule has 0 aliphatic carbocycles. The number of benzene rings is 1. The van der Waals surface area contributed by atoms with Gasteiger partial charge in [-0.2, -0.15) is 0 Å². The van der Waals surface area contributed by atoms with Gasteiger partial charge in [-0.1, -0.05) is 23.5 Å². The minimum absolute atomic E-state index is 0.158. The molecule has 0 bridgehead atoms. The lowest BCUT2D eigenvalue weighted by molar-refractivity contribution is 0.249. The number of rotatable bonds is 1. The van der Waals surface area contributed by atoms with Crippen molar-refractivity contribution in [3.63, 3.8) is 0 Å². The number of amides is 2. The number of hydrogen-bond acceptors (Lipinski definition) is 3. The van der Waals surface area contributed by atoms with Gasteiger partial charge in [0.25, 0.3) is 0 Å². The van der Waals surface area contributed by atoms with E-state index in [1.165, 1.54) is 16.2 Å². The van der Waals surface area contributed by atoms with Crippen molar-refractivity contribution in [2.24, 2.45) is 0 Å². The third-order valence-corrected chi connectivity index (χ3v) is 3.70. The fourth-order valence-corrected chi connectivity index (χ4v) is 2.46. The number of hydrogen-bond donors (Lipinski definition) is 2. The molecular formula is C14H16N4OS. The Morgan fingerprint density at radius 1 is 1.25 bits per heavy atom. The highest BCUT2D eigenvalue weighted by Crippen LogP contribution is 2.27. The Labute approximate surface area is 121 Å². The van der Waals surface area contributed by atoms with E-state index in [0.717, 1.165) is 10.2 Å². The molecule has 0 aliphatic heterocycles. The zero-order valence-electron chi connectivity index (χ0n) is 11.3. The van der Waals surface area contributed by atoms with Crippen LogP contribution in [0.5, 0.6) is 0 Å². The van der Waals surface area contributed by atoms with Crippen LogP contribution >= 0.6 is 11.3 Å². The lowest BCUT2D eigenvalue weighted by Crippen LogP contribution is -2.34. The van der Waals surface area contributed by atoms with Crippen LogP contribution in [0.15, 0.2) is 48.8 Å². The molecule has 20 heavy (non-hydrogen) atoms. The molecule has 0 saturated carbocycles. The van der Waals surface area contributed by atoms with Gasteiger partial charge in [0.1, 0.15) is 0 Å². The summed E-state index contributed by atoms with van der Waals surface area (Å²) in [6.07, 6.45) is 3.75. The molecule has 0 atom stereocenters. The van der Waals surface area contributed by atoms with E-state index in [1.807, 2.05) is 48.8 Å². The van der Waals surface area contributed by atoms with E-state index in [2.05, 4.69) is 15.3 Å². The van der Waals surface area contributed by atoms with Crippen LogP contribution in [0.3, 0.4) is 0 Å². The Balaban J connectivity index is 0.000000247. The highest BCUT2D eigenvalue weighted by molar-refractivity contribution is 7.22. The largest absolute Gasteiger partial charge is 0.368 e. The van der Waals surface area contributed by atoms with Crippen molar-refractivity contribution in [3.05, 3.63) is 48.8 Å². The molecule has 3 rings (SSSR count). The predicted octanol–water partition coefficient (Wildman–Crippen LogP) is 3.09. The van der Waals surface area contributed by atoms with E-state index in [-0.39, 0.29) is 6.03 Å². The van der Waals surface area contributed by atoms with Crippen molar-refractivity contribution in [3.8, 4) is 0 Å². The summed E-state index contributed by atoms with van der Waals surface area (Å²) < 4.78 is 1.09. The highest BCUT2D eigenvalue weighted by Gasteiger charge is 2.12. The van der Waals surface area contributed by atoms with Crippen LogP contribution in [0.25, 0.3) is 10.2 Å². The lowest BCUT2D eigenvalue weighted by atomic mass is 10.3. The molecule has 0 unspecified atom stereocenters. The smallest absolute Gasteiger partial charge is 0.323 e. The number of H-pyrrole nitrogens is 1. The van der Waals surface area contributed by atoms with Gasteiger partial charge in [0.2, 0.25) is 0 Å². The van der Waals surface area contributed by atoms with Gasteiger partial charge in [-0.05, 0) is 24.3 Å². The summed E-state index contributed by atoms with van der Waals surface area (Å²) in [7, 11) is 3.31. The summed E-state index contributed by atoms with van der Waals surface area (Å²) in [5, 5.41) is 3.27. The number of para-hydroxylation sites is 1. The minimum Gasteiger partial charge on any atom is -0.368 e. The van der Waals surface area contributed by atoms with Crippen molar-refractivity contribution >= 4 is 32.7 Å². The van der Waals surface area contributed by atoms with E-state index in [4.69, 9.17) is 0 Å². The maximum Gasteiger partial charge on any atom is 0.323 e. The number of nitrogens with one attached hydrogen (secondary N) is 2. The van der Waals surface area contributed by atoms with E-state index < -0.39 is 0 Å². The fraction of sp³-hybridized carbons (Fsp3) is 0.143. The number of urea groups is 1. The van der Waals surface area contributed by atoms with Crippen molar-refractivity contribution in [2.75, 3.05) is 19.0 Å². The summed E-state index contributed by atoms with van der Waals surface area (Å²) in [6.45, 7) is 0. The number of fused-ring (bicyclic) bond motifs is 1. The molecule has 0 aliphatic rings. The minimum atomic E-state index is -0.158. The number of nitrogens with zero attached hydrogens (tertiary/aromatic N) is 2. The third kappa shape index (κ3) is 3.36. The molecule has 2 heterocycles. The molecule has 0 saturated heterocycles. The second kappa shape index (κ2) is 6.72. The first kappa shape index (κ1) is 14.1. The average molecular weight is 288 g/mol. The molecule has 0 radical (unpaired) electrons. The Kier molecular flexibility index (Phi) is 4.73. The van der Waals surface area contributed by atoms with Gasteiger partial charge in [-0.3, -0.25) is 4.90 Å². The van der Waals surface area contributed by atoms with Crippen LogP contribution in [0.4, 0.5) is 9.93 Å². The summed E-state index contributed by atoms with van der Waals surface area (Å²) in [5.74, 6) is 0. The summed E-state index contributed by atoms with van der Waals surface area (Å²) in [4.78, 5) is 20.1. The predicted molar refractivity (Wildman–Crippen MR) is 83.3 cm³/mol. The van der Waals surface area contributed by atoms with Crippen LogP contribution in [0, 0.1) is 0 Å². The lowest BCUT2D eigenvalue weighted by Gasteiger charge is -2.11. The number of carbonyl (C=O) groups excluding carboxylic acids is 1. The summed E-state index contributed by atoms with van der Waals surface area (Å²) >= 11 is 1.50. The van der Waals surface area contributed by atoms with E-state index in [0.29, 0.717) is 5.13 Å². The first-order valence-electron chi connectivity index (χ1n) is 6.11. The molecule has 104 valence electrons. The third-order valence-electron chi connectivity index (χ3n) is 2.58. The zero-order valence-corrected chi connectivity index (χ0v) is 12.1. The Morgan fingerprint density at radius 3 is 2.50 bits per heavy atom. The van der Waals surface area contributed by atoms with Crippen LogP contribution in [-0.4, -0.2) is 30.1 Å². The number of carbonyl (C=O) groups is 1. The summed E-state index contributed by atoms with van der Waals surface area (Å²) in [6, 6.07) is 11.6. The van der Waals surface area contributed by atoms with Crippen molar-refractivity contribution in [1.29, 1.82) is 0 Å². The number of aromatic amines is 1. The molecule has 2 aromatic heterocycles. The number of thiazole rings is 1. The van der Waals surface area contributed by atoms with Crippen molar-refractivity contribution in [1.82, 2.24) is 15.3 Å². The van der Waals surface area contributed by atoms with E-state index in [1.54, 1.807) is 14.1 Å². The van der Waals surface area contributed by atoms with E-state index >= 15 is 0 Å². The molecule has 0 spiro atoms. The van der Waals surface area contributed by atoms with Crippen LogP contribution in [0.2, 0.25) is 0 Å². The second-order valence-electron chi connectivity index (χ2n) is 3.96. The monoisotopic (exact) mass is 288 g/mol. The summed E-state index contributed by atoms with van der Waals surface area (Å²) in [5.41, 5.74) is 0.924. The topological polar surface area (TPSA) is 61.0 Å². The molecule has 5 nitrogen and oxygen atoms in total. The SMILES string of the molecule is CNC(=O)N(C)c1nc2ccccc2s1.c1cc[nH]c1. The quantitative estimate of drug-likeness (QED) is 0.723. The van der Waals surface area contributed by atoms with Crippen molar-refractivity contribution < 1.29 is 4.79 Å². The standard InChI is InChI=1S/C10H11N3OS.C4H5N/c1-11-9(14)13(2)10-12-7-5-3-4-6-8(7)15-10;1-2-4-5-3-1/h3-6H,1-2H3,(H,11,14);1-5H. The molecule has 6 heteroatoms. The first-order chi connectivity index (χ1) is 9.72. The van der Waals surface area contributed by atoms with Gasteiger partial charge in [-0.25, -0.2) is 9.78 Å². The van der Waals surface area contributed by atoms with Gasteiger partial charge in [0.05, 0.1) is 10.2 Å². The van der Waals surface area contributed by atoms with Crippen LogP contribution in [0.1, 0.15) is 0 Å². The average Bonchev–Trinajstić information content (AvgIpc) is 3.17. The molecule has 3 aromatic rings. The Morgan fingerprint density at radius 2 is 1.95 bits per heavy atom. The maximum absolute atomic E-state index is 11.4. The molecule has 1 aromatic carbocycles. The van der Waals surface area contributed by atoms with E-state index in [9.17, 15) is 4.79 Å². The molecular weight excluding hydrogens is 272 g/mol. The van der Waals surface area contributed by atoms with Crippen molar-refractivity contribution in [2.45, 2.75) is 0 Å². The second-order valence-corrected chi connectivity index (χ2v) is 4.97. The van der Waals surface area contributed by atoms with Crippen LogP contribution in [-0.2, 0) is 0 Å². The van der Waals surface area contributed by atoms with Gasteiger partial charge in [0.15, 0.2) is 5.13 Å². The van der Waals surface area contributed by atoms with Gasteiger partial charge in [0, 0.05) is 26.5 Å². The Bertz CT molecular complexity index is 612. The maximum atomic E-state index is 11.4. The number of aromatic nitrogens is 2. The first-order valence-corrected chi connectivity index (χ1v) is 6.93. The van der Waals surface area contributed by atoms with Gasteiger partial charge < -0.3 is 10.3 Å². The molecule has 2 N–H and O–H groups in total. The van der Waals surface area contributed by atoms with Crippen LogP contribution < -0.4 is 10.2 Å². The molecule has 0 fully saturated rings. The zero-order chi connectivity index (χ0) is 14.4. The Hall–Kier alpha value is -2.34. The highest BCUT2D eigenvalue weighted by atomic mass is 32.1. The normalized spacial score (nSPS) is 9.70.